The normalized spacial score (nSPS) is 11.8. The van der Waals surface area contributed by atoms with Crippen molar-refractivity contribution in [1.29, 1.82) is 0 Å². The molecule has 0 heterocycles. The van der Waals surface area contributed by atoms with Crippen molar-refractivity contribution >= 4 is 5.97 Å². The van der Waals surface area contributed by atoms with E-state index in [1.165, 1.54) is 0 Å². The number of benzene rings is 2. The Morgan fingerprint density at radius 1 is 1.14 bits per heavy atom. The first-order valence-electron chi connectivity index (χ1n) is 7.09. The maximum absolute atomic E-state index is 11.5. The number of hydrogen-bond donors (Lipinski definition) is 1. The van der Waals surface area contributed by atoms with Gasteiger partial charge in [0.15, 0.2) is 6.10 Å². The monoisotopic (exact) mass is 300 g/mol. The average Bonchev–Trinajstić information content (AvgIpc) is 2.47. The molecule has 1 unspecified atom stereocenters. The van der Waals surface area contributed by atoms with Crippen molar-refractivity contribution in [3.63, 3.8) is 0 Å². The summed E-state index contributed by atoms with van der Waals surface area (Å²) in [6.45, 7) is 3.90. The molecule has 0 saturated heterocycles. The molecule has 4 heteroatoms. The Kier molecular flexibility index (Phi) is 5.04. The summed E-state index contributed by atoms with van der Waals surface area (Å²) in [7, 11) is 1.57. The number of methoxy groups -OCH3 is 1. The number of ether oxygens (including phenoxy) is 2. The van der Waals surface area contributed by atoms with Crippen molar-refractivity contribution in [3.05, 3.63) is 59.2 Å². The second-order valence-electron chi connectivity index (χ2n) is 5.28. The summed E-state index contributed by atoms with van der Waals surface area (Å²) in [5.74, 6) is 0.230. The van der Waals surface area contributed by atoms with Gasteiger partial charge >= 0.3 is 5.97 Å². The van der Waals surface area contributed by atoms with Gasteiger partial charge in [0.2, 0.25) is 0 Å². The molecule has 0 aliphatic heterocycles. The Hall–Kier alpha value is -2.49. The van der Waals surface area contributed by atoms with E-state index in [0.717, 1.165) is 16.7 Å². The Labute approximate surface area is 130 Å². The standard InChI is InChI=1S/C18H20O4/c1-12-5-4-6-15(10-12)22-17(18(19)20)11-14-9-13(2)7-8-16(14)21-3/h4-10,17H,11H2,1-3H3,(H,19,20). The van der Waals surface area contributed by atoms with E-state index in [1.54, 1.807) is 13.2 Å². The number of aryl methyl sites for hydroxylation is 2. The lowest BCUT2D eigenvalue weighted by molar-refractivity contribution is -0.145. The molecule has 2 aromatic rings. The van der Waals surface area contributed by atoms with Crippen LogP contribution in [-0.2, 0) is 11.2 Å². The van der Waals surface area contributed by atoms with Gasteiger partial charge in [-0.1, -0.05) is 29.8 Å². The van der Waals surface area contributed by atoms with Crippen LogP contribution in [-0.4, -0.2) is 24.3 Å². The van der Waals surface area contributed by atoms with Crippen molar-refractivity contribution in [2.45, 2.75) is 26.4 Å². The topological polar surface area (TPSA) is 55.8 Å². The number of hydrogen-bond acceptors (Lipinski definition) is 3. The van der Waals surface area contributed by atoms with E-state index in [1.807, 2.05) is 50.2 Å². The Morgan fingerprint density at radius 2 is 1.86 bits per heavy atom. The van der Waals surface area contributed by atoms with Crippen LogP contribution in [0, 0.1) is 13.8 Å². The van der Waals surface area contributed by atoms with Crippen LogP contribution < -0.4 is 9.47 Å². The zero-order valence-electron chi connectivity index (χ0n) is 13.0. The second kappa shape index (κ2) is 6.98. The third-order valence-corrected chi connectivity index (χ3v) is 3.38. The third-order valence-electron chi connectivity index (χ3n) is 3.38. The predicted molar refractivity (Wildman–Crippen MR) is 84.7 cm³/mol. The molecular weight excluding hydrogens is 280 g/mol. The van der Waals surface area contributed by atoms with Crippen molar-refractivity contribution < 1.29 is 19.4 Å². The Morgan fingerprint density at radius 3 is 2.50 bits per heavy atom. The van der Waals surface area contributed by atoms with Crippen molar-refractivity contribution in [2.75, 3.05) is 7.11 Å². The molecule has 0 aliphatic rings. The Bertz CT molecular complexity index is 664. The van der Waals surface area contributed by atoms with Gasteiger partial charge in [-0.15, -0.1) is 0 Å². The van der Waals surface area contributed by atoms with Crippen molar-refractivity contribution in [2.24, 2.45) is 0 Å². The van der Waals surface area contributed by atoms with Crippen molar-refractivity contribution in [3.8, 4) is 11.5 Å². The summed E-state index contributed by atoms with van der Waals surface area (Å²) >= 11 is 0. The zero-order valence-corrected chi connectivity index (χ0v) is 13.0. The van der Waals surface area contributed by atoms with Gasteiger partial charge in [-0.05, 0) is 43.2 Å². The molecule has 2 aromatic carbocycles. The molecule has 0 spiro atoms. The van der Waals surface area contributed by atoms with Crippen LogP contribution in [0.15, 0.2) is 42.5 Å². The molecular formula is C18H20O4. The van der Waals surface area contributed by atoms with Gasteiger partial charge in [0.05, 0.1) is 7.11 Å². The maximum Gasteiger partial charge on any atom is 0.345 e. The van der Waals surface area contributed by atoms with Crippen LogP contribution in [0.5, 0.6) is 11.5 Å². The van der Waals surface area contributed by atoms with E-state index in [9.17, 15) is 9.90 Å². The molecule has 0 radical (unpaired) electrons. The van der Waals surface area contributed by atoms with Gasteiger partial charge < -0.3 is 14.6 Å². The van der Waals surface area contributed by atoms with Crippen LogP contribution >= 0.6 is 0 Å². The predicted octanol–water partition coefficient (Wildman–Crippen LogP) is 3.39. The molecule has 0 bridgehead atoms. The minimum atomic E-state index is -0.995. The molecule has 2 rings (SSSR count). The summed E-state index contributed by atoms with van der Waals surface area (Å²) in [6, 6.07) is 13.1. The summed E-state index contributed by atoms with van der Waals surface area (Å²) in [6.07, 6.45) is -0.716. The SMILES string of the molecule is COc1ccc(C)cc1CC(Oc1cccc(C)c1)C(=O)O. The number of rotatable bonds is 6. The molecule has 0 fully saturated rings. The molecule has 22 heavy (non-hydrogen) atoms. The molecule has 1 atom stereocenters. The highest BCUT2D eigenvalue weighted by Gasteiger charge is 2.22. The molecule has 0 amide bonds. The van der Waals surface area contributed by atoms with E-state index < -0.39 is 12.1 Å². The highest BCUT2D eigenvalue weighted by atomic mass is 16.5. The summed E-state index contributed by atoms with van der Waals surface area (Å²) in [4.78, 5) is 11.5. The van der Waals surface area contributed by atoms with Crippen LogP contribution in [0.1, 0.15) is 16.7 Å². The quantitative estimate of drug-likeness (QED) is 0.888. The molecule has 4 nitrogen and oxygen atoms in total. The molecule has 1 N–H and O–H groups in total. The summed E-state index contributed by atoms with van der Waals surface area (Å²) in [5, 5.41) is 9.43. The smallest absolute Gasteiger partial charge is 0.345 e. The van der Waals surface area contributed by atoms with Crippen LogP contribution in [0.4, 0.5) is 0 Å². The van der Waals surface area contributed by atoms with Crippen LogP contribution in [0.3, 0.4) is 0 Å². The van der Waals surface area contributed by atoms with Gasteiger partial charge in [-0.2, -0.15) is 0 Å². The number of aliphatic carboxylic acids is 1. The highest BCUT2D eigenvalue weighted by Crippen LogP contribution is 2.23. The highest BCUT2D eigenvalue weighted by molar-refractivity contribution is 5.73. The number of carbonyl (C=O) groups is 1. The van der Waals surface area contributed by atoms with E-state index in [2.05, 4.69) is 0 Å². The number of carboxylic acids is 1. The first-order chi connectivity index (χ1) is 10.5. The van der Waals surface area contributed by atoms with Gasteiger partial charge in [0.25, 0.3) is 0 Å². The first kappa shape index (κ1) is 15.9. The maximum atomic E-state index is 11.5. The van der Waals surface area contributed by atoms with Gasteiger partial charge in [-0.3, -0.25) is 0 Å². The van der Waals surface area contributed by atoms with E-state index >= 15 is 0 Å². The average molecular weight is 300 g/mol. The van der Waals surface area contributed by atoms with Crippen LogP contribution in [0.25, 0.3) is 0 Å². The number of carboxylic acid groups (broad SMARTS) is 1. The van der Waals surface area contributed by atoms with Crippen molar-refractivity contribution in [1.82, 2.24) is 0 Å². The minimum absolute atomic E-state index is 0.244. The summed E-state index contributed by atoms with van der Waals surface area (Å²) < 4.78 is 10.9. The van der Waals surface area contributed by atoms with Gasteiger partial charge in [-0.25, -0.2) is 4.79 Å². The molecule has 0 aromatic heterocycles. The lowest BCUT2D eigenvalue weighted by Crippen LogP contribution is -2.29. The zero-order chi connectivity index (χ0) is 16.1. The molecule has 116 valence electrons. The summed E-state index contributed by atoms with van der Waals surface area (Å²) in [5.41, 5.74) is 2.90. The molecule has 0 aliphatic carbocycles. The van der Waals surface area contributed by atoms with Gasteiger partial charge in [0, 0.05) is 6.42 Å². The third kappa shape index (κ3) is 4.01. The lowest BCUT2D eigenvalue weighted by Gasteiger charge is -2.17. The van der Waals surface area contributed by atoms with Crippen LogP contribution in [0.2, 0.25) is 0 Å². The van der Waals surface area contributed by atoms with E-state index in [4.69, 9.17) is 9.47 Å². The Balaban J connectivity index is 2.22. The fraction of sp³-hybridized carbons (Fsp3) is 0.278. The fourth-order valence-electron chi connectivity index (χ4n) is 2.30. The van der Waals surface area contributed by atoms with E-state index in [-0.39, 0.29) is 6.42 Å². The lowest BCUT2D eigenvalue weighted by atomic mass is 10.0. The fourth-order valence-corrected chi connectivity index (χ4v) is 2.30. The van der Waals surface area contributed by atoms with E-state index in [0.29, 0.717) is 11.5 Å². The van der Waals surface area contributed by atoms with Gasteiger partial charge in [0.1, 0.15) is 11.5 Å². The molecule has 0 saturated carbocycles. The largest absolute Gasteiger partial charge is 0.496 e. The second-order valence-corrected chi connectivity index (χ2v) is 5.28. The first-order valence-corrected chi connectivity index (χ1v) is 7.09. The minimum Gasteiger partial charge on any atom is -0.496 e.